The van der Waals surface area contributed by atoms with Gasteiger partial charge < -0.3 is 5.73 Å². The van der Waals surface area contributed by atoms with Crippen LogP contribution in [0, 0.1) is 0 Å². The Labute approximate surface area is 107 Å². The SMILES string of the molecule is NCCNS(=O)(=O)c1ccc(Cl)cc1C(F)(F)F. The van der Waals surface area contributed by atoms with E-state index in [-0.39, 0.29) is 18.1 Å². The zero-order valence-corrected chi connectivity index (χ0v) is 10.5. The van der Waals surface area contributed by atoms with Gasteiger partial charge in [-0.05, 0) is 18.2 Å². The largest absolute Gasteiger partial charge is 0.417 e. The minimum atomic E-state index is -4.81. The van der Waals surface area contributed by atoms with Crippen LogP contribution in [0.15, 0.2) is 23.1 Å². The number of nitrogens with two attached hydrogens (primary N) is 1. The summed E-state index contributed by atoms with van der Waals surface area (Å²) in [5, 5.41) is -0.194. The number of rotatable bonds is 4. The van der Waals surface area contributed by atoms with E-state index in [1.165, 1.54) is 0 Å². The average molecular weight is 303 g/mol. The molecule has 0 unspecified atom stereocenters. The van der Waals surface area contributed by atoms with Crippen LogP contribution in [0.5, 0.6) is 0 Å². The Morgan fingerprint density at radius 1 is 1.33 bits per heavy atom. The number of halogens is 4. The average Bonchev–Trinajstić information content (AvgIpc) is 2.25. The Kier molecular flexibility index (Phi) is 4.60. The molecule has 3 N–H and O–H groups in total. The number of hydrogen-bond donors (Lipinski definition) is 2. The molecule has 0 spiro atoms. The minimum Gasteiger partial charge on any atom is -0.329 e. The molecular weight excluding hydrogens is 293 g/mol. The summed E-state index contributed by atoms with van der Waals surface area (Å²) in [6, 6.07) is 2.45. The highest BCUT2D eigenvalue weighted by molar-refractivity contribution is 7.89. The zero-order chi connectivity index (χ0) is 14.0. The van der Waals surface area contributed by atoms with Crippen LogP contribution < -0.4 is 10.5 Å². The van der Waals surface area contributed by atoms with Crippen LogP contribution >= 0.6 is 11.6 Å². The van der Waals surface area contributed by atoms with Gasteiger partial charge >= 0.3 is 6.18 Å². The lowest BCUT2D eigenvalue weighted by atomic mass is 10.2. The van der Waals surface area contributed by atoms with Crippen LogP contribution in [0.4, 0.5) is 13.2 Å². The Morgan fingerprint density at radius 3 is 2.44 bits per heavy atom. The third kappa shape index (κ3) is 3.58. The number of benzene rings is 1. The van der Waals surface area contributed by atoms with Gasteiger partial charge in [0.05, 0.1) is 10.5 Å². The maximum atomic E-state index is 12.7. The van der Waals surface area contributed by atoms with Gasteiger partial charge in [0.1, 0.15) is 0 Å². The molecule has 0 radical (unpaired) electrons. The summed E-state index contributed by atoms with van der Waals surface area (Å²) in [6.07, 6.45) is -4.81. The summed E-state index contributed by atoms with van der Waals surface area (Å²) in [5.74, 6) is 0. The van der Waals surface area contributed by atoms with Crippen molar-refractivity contribution < 1.29 is 21.6 Å². The second-order valence-electron chi connectivity index (χ2n) is 3.32. The Hall–Kier alpha value is -0.830. The molecule has 0 aliphatic rings. The van der Waals surface area contributed by atoms with Gasteiger partial charge in [-0.1, -0.05) is 11.6 Å². The van der Waals surface area contributed by atoms with E-state index < -0.39 is 26.7 Å². The molecule has 18 heavy (non-hydrogen) atoms. The molecular formula is C9H10ClF3N2O2S. The molecule has 0 amide bonds. The Bertz CT molecular complexity index is 531. The van der Waals surface area contributed by atoms with Crippen LogP contribution in [0.3, 0.4) is 0 Å². The maximum absolute atomic E-state index is 12.7. The van der Waals surface area contributed by atoms with Crippen molar-refractivity contribution in [3.63, 3.8) is 0 Å². The first-order valence-electron chi connectivity index (χ1n) is 4.75. The van der Waals surface area contributed by atoms with Gasteiger partial charge in [0.15, 0.2) is 0 Å². The molecule has 0 aliphatic carbocycles. The second kappa shape index (κ2) is 5.43. The number of sulfonamides is 1. The normalized spacial score (nSPS) is 12.7. The van der Waals surface area contributed by atoms with Crippen molar-refractivity contribution in [3.05, 3.63) is 28.8 Å². The smallest absolute Gasteiger partial charge is 0.329 e. The van der Waals surface area contributed by atoms with Gasteiger partial charge in [0.25, 0.3) is 0 Å². The third-order valence-electron chi connectivity index (χ3n) is 1.97. The molecule has 1 aromatic carbocycles. The predicted octanol–water partition coefficient (Wildman–Crippen LogP) is 1.60. The molecule has 9 heteroatoms. The van der Waals surface area contributed by atoms with Gasteiger partial charge in [-0.25, -0.2) is 13.1 Å². The van der Waals surface area contributed by atoms with E-state index in [2.05, 4.69) is 0 Å². The molecule has 0 heterocycles. The van der Waals surface area contributed by atoms with Crippen molar-refractivity contribution in [2.45, 2.75) is 11.1 Å². The van der Waals surface area contributed by atoms with E-state index in [9.17, 15) is 21.6 Å². The fourth-order valence-electron chi connectivity index (χ4n) is 1.23. The highest BCUT2D eigenvalue weighted by atomic mass is 35.5. The highest BCUT2D eigenvalue weighted by Gasteiger charge is 2.37. The first-order chi connectivity index (χ1) is 8.18. The van der Waals surface area contributed by atoms with Crippen molar-refractivity contribution in [2.24, 2.45) is 5.73 Å². The van der Waals surface area contributed by atoms with Gasteiger partial charge in [-0.3, -0.25) is 0 Å². The quantitative estimate of drug-likeness (QED) is 0.887. The molecule has 0 aromatic heterocycles. The van der Waals surface area contributed by atoms with Gasteiger partial charge in [0.2, 0.25) is 10.0 Å². The standard InChI is InChI=1S/C9H10ClF3N2O2S/c10-6-1-2-8(7(5-6)9(11,12)13)18(16,17)15-4-3-14/h1-2,5,15H,3-4,14H2. The summed E-state index contributed by atoms with van der Waals surface area (Å²) < 4.78 is 63.4. The number of hydrogen-bond acceptors (Lipinski definition) is 3. The molecule has 1 rings (SSSR count). The highest BCUT2D eigenvalue weighted by Crippen LogP contribution is 2.35. The fraction of sp³-hybridized carbons (Fsp3) is 0.333. The van der Waals surface area contributed by atoms with E-state index in [1.54, 1.807) is 0 Å². The van der Waals surface area contributed by atoms with E-state index in [4.69, 9.17) is 17.3 Å². The molecule has 102 valence electrons. The van der Waals surface area contributed by atoms with E-state index in [1.807, 2.05) is 4.72 Å². The first kappa shape index (κ1) is 15.2. The molecule has 0 saturated heterocycles. The maximum Gasteiger partial charge on any atom is 0.417 e. The minimum absolute atomic E-state index is 0.0197. The molecule has 0 saturated carbocycles. The second-order valence-corrected chi connectivity index (χ2v) is 5.50. The summed E-state index contributed by atoms with van der Waals surface area (Å²) in [6.45, 7) is -0.170. The lowest BCUT2D eigenvalue weighted by Gasteiger charge is -2.13. The summed E-state index contributed by atoms with van der Waals surface area (Å²) >= 11 is 5.44. The summed E-state index contributed by atoms with van der Waals surface area (Å²) in [7, 11) is -4.26. The van der Waals surface area contributed by atoms with Crippen molar-refractivity contribution in [2.75, 3.05) is 13.1 Å². The lowest BCUT2D eigenvalue weighted by molar-refractivity contribution is -0.139. The van der Waals surface area contributed by atoms with Gasteiger partial charge in [-0.15, -0.1) is 0 Å². The fourth-order valence-corrected chi connectivity index (χ4v) is 2.65. The van der Waals surface area contributed by atoms with E-state index in [0.717, 1.165) is 12.1 Å². The van der Waals surface area contributed by atoms with Crippen molar-refractivity contribution in [1.29, 1.82) is 0 Å². The van der Waals surface area contributed by atoms with Gasteiger partial charge in [0, 0.05) is 18.1 Å². The summed E-state index contributed by atoms with van der Waals surface area (Å²) in [4.78, 5) is -0.868. The summed E-state index contributed by atoms with van der Waals surface area (Å²) in [5.41, 5.74) is 3.79. The topological polar surface area (TPSA) is 72.2 Å². The van der Waals surface area contributed by atoms with E-state index >= 15 is 0 Å². The van der Waals surface area contributed by atoms with Gasteiger partial charge in [-0.2, -0.15) is 13.2 Å². The molecule has 0 fully saturated rings. The predicted molar refractivity (Wildman–Crippen MR) is 60.7 cm³/mol. The van der Waals surface area contributed by atoms with Crippen LogP contribution in [-0.2, 0) is 16.2 Å². The molecule has 4 nitrogen and oxygen atoms in total. The van der Waals surface area contributed by atoms with E-state index in [0.29, 0.717) is 6.07 Å². The van der Waals surface area contributed by atoms with Crippen LogP contribution in [0.25, 0.3) is 0 Å². The number of nitrogens with one attached hydrogen (secondary N) is 1. The zero-order valence-electron chi connectivity index (χ0n) is 8.96. The molecule has 0 aliphatic heterocycles. The third-order valence-corrected chi connectivity index (χ3v) is 3.73. The lowest BCUT2D eigenvalue weighted by Crippen LogP contribution is -2.30. The van der Waals surface area contributed by atoms with Crippen molar-refractivity contribution >= 4 is 21.6 Å². The number of alkyl halides is 3. The Morgan fingerprint density at radius 2 is 1.94 bits per heavy atom. The van der Waals surface area contributed by atoms with Crippen molar-refractivity contribution in [3.8, 4) is 0 Å². The monoisotopic (exact) mass is 302 g/mol. The molecule has 1 aromatic rings. The molecule has 0 bridgehead atoms. The first-order valence-corrected chi connectivity index (χ1v) is 6.61. The Balaban J connectivity index is 3.33. The molecule has 0 atom stereocenters. The van der Waals surface area contributed by atoms with Crippen LogP contribution in [-0.4, -0.2) is 21.5 Å². The van der Waals surface area contributed by atoms with Crippen molar-refractivity contribution in [1.82, 2.24) is 4.72 Å². The van der Waals surface area contributed by atoms with Crippen LogP contribution in [0.2, 0.25) is 5.02 Å². The van der Waals surface area contributed by atoms with Crippen LogP contribution in [0.1, 0.15) is 5.56 Å².